The van der Waals surface area contributed by atoms with E-state index in [0.29, 0.717) is 35.0 Å². The molecule has 0 saturated heterocycles. The third-order valence-corrected chi connectivity index (χ3v) is 5.24. The van der Waals surface area contributed by atoms with Gasteiger partial charge >= 0.3 is 0 Å². The maximum atomic E-state index is 12.4. The number of thiazole rings is 1. The molecule has 2 amide bonds. The van der Waals surface area contributed by atoms with Crippen LogP contribution < -0.4 is 20.1 Å². The van der Waals surface area contributed by atoms with Crippen LogP contribution in [0.3, 0.4) is 0 Å². The third-order valence-electron chi connectivity index (χ3n) is 4.30. The third kappa shape index (κ3) is 5.36. The Bertz CT molecular complexity index is 1030. The van der Waals surface area contributed by atoms with Gasteiger partial charge in [-0.05, 0) is 42.5 Å². The molecule has 0 radical (unpaired) electrons. The number of carbonyl (C=O) groups is 2. The van der Waals surface area contributed by atoms with Crippen LogP contribution in [0, 0.1) is 0 Å². The highest BCUT2D eigenvalue weighted by Gasteiger charge is 2.12. The number of hydrogen-bond acceptors (Lipinski definition) is 6. The first-order valence-corrected chi connectivity index (χ1v) is 10.3. The summed E-state index contributed by atoms with van der Waals surface area (Å²) in [7, 11) is 3.18. The number of carbonyl (C=O) groups excluding carboxylic acids is 2. The molecule has 0 aliphatic heterocycles. The molecular weight excluding hydrogens is 402 g/mol. The van der Waals surface area contributed by atoms with Gasteiger partial charge in [0.2, 0.25) is 11.8 Å². The van der Waals surface area contributed by atoms with Gasteiger partial charge in [-0.25, -0.2) is 4.98 Å². The number of aromatic nitrogens is 1. The van der Waals surface area contributed by atoms with Crippen molar-refractivity contribution in [3.63, 3.8) is 0 Å². The minimum absolute atomic E-state index is 0.0550. The Labute approximate surface area is 179 Å². The first kappa shape index (κ1) is 21.3. The standard InChI is InChI=1S/C22H23N3O4S/c1-4-20(26)23-15-6-8-16(9-7-15)24-21(27)12-17-13-30-22(25-17)14-5-10-18(28-2)19(11-14)29-3/h5-11,13H,4,12H2,1-3H3,(H,23,26)(H,24,27). The zero-order chi connectivity index (χ0) is 21.5. The fraction of sp³-hybridized carbons (Fsp3) is 0.227. The number of nitrogens with zero attached hydrogens (tertiary/aromatic N) is 1. The van der Waals surface area contributed by atoms with Crippen LogP contribution in [-0.2, 0) is 16.0 Å². The molecule has 2 N–H and O–H groups in total. The quantitative estimate of drug-likeness (QED) is 0.560. The lowest BCUT2D eigenvalue weighted by molar-refractivity contribution is -0.116. The summed E-state index contributed by atoms with van der Waals surface area (Å²) in [5.41, 5.74) is 2.94. The van der Waals surface area contributed by atoms with Crippen molar-refractivity contribution in [2.24, 2.45) is 0 Å². The molecule has 3 rings (SSSR count). The number of rotatable bonds is 8. The summed E-state index contributed by atoms with van der Waals surface area (Å²) in [6.07, 6.45) is 0.579. The van der Waals surface area contributed by atoms with Crippen molar-refractivity contribution in [3.05, 3.63) is 53.5 Å². The number of hydrogen-bond donors (Lipinski definition) is 2. The van der Waals surface area contributed by atoms with Gasteiger partial charge in [-0.2, -0.15) is 0 Å². The fourth-order valence-electron chi connectivity index (χ4n) is 2.75. The van der Waals surface area contributed by atoms with Gasteiger partial charge in [-0.15, -0.1) is 11.3 Å². The zero-order valence-corrected chi connectivity index (χ0v) is 17.8. The number of anilines is 2. The van der Waals surface area contributed by atoms with Gasteiger partial charge in [0.25, 0.3) is 0 Å². The molecule has 30 heavy (non-hydrogen) atoms. The number of methoxy groups -OCH3 is 2. The Balaban J connectivity index is 1.62. The smallest absolute Gasteiger partial charge is 0.230 e. The largest absolute Gasteiger partial charge is 0.493 e. The van der Waals surface area contributed by atoms with Crippen molar-refractivity contribution in [1.82, 2.24) is 4.98 Å². The number of nitrogens with one attached hydrogen (secondary N) is 2. The van der Waals surface area contributed by atoms with Crippen LogP contribution in [0.4, 0.5) is 11.4 Å². The van der Waals surface area contributed by atoms with Crippen LogP contribution in [0.25, 0.3) is 10.6 Å². The van der Waals surface area contributed by atoms with Crippen molar-refractivity contribution in [2.75, 3.05) is 24.9 Å². The minimum Gasteiger partial charge on any atom is -0.493 e. The van der Waals surface area contributed by atoms with Crippen molar-refractivity contribution in [3.8, 4) is 22.1 Å². The fourth-order valence-corrected chi connectivity index (χ4v) is 3.56. The molecule has 0 fully saturated rings. The molecule has 1 heterocycles. The summed E-state index contributed by atoms with van der Waals surface area (Å²) in [5.74, 6) is 1.06. The number of benzene rings is 2. The lowest BCUT2D eigenvalue weighted by Gasteiger charge is -2.08. The predicted octanol–water partition coefficient (Wildman–Crippen LogP) is 4.36. The van der Waals surface area contributed by atoms with Gasteiger partial charge in [0, 0.05) is 28.7 Å². The molecule has 0 saturated carbocycles. The van der Waals surface area contributed by atoms with E-state index in [1.54, 1.807) is 45.4 Å². The van der Waals surface area contributed by atoms with E-state index in [9.17, 15) is 9.59 Å². The summed E-state index contributed by atoms with van der Waals surface area (Å²) in [6, 6.07) is 12.6. The zero-order valence-electron chi connectivity index (χ0n) is 17.0. The number of ether oxygens (including phenoxy) is 2. The molecule has 2 aromatic carbocycles. The van der Waals surface area contributed by atoms with E-state index in [2.05, 4.69) is 15.6 Å². The maximum absolute atomic E-state index is 12.4. The molecule has 3 aromatic rings. The van der Waals surface area contributed by atoms with Crippen molar-refractivity contribution < 1.29 is 19.1 Å². The highest BCUT2D eigenvalue weighted by atomic mass is 32.1. The molecule has 0 spiro atoms. The summed E-state index contributed by atoms with van der Waals surface area (Å²) in [5, 5.41) is 8.28. The highest BCUT2D eigenvalue weighted by molar-refractivity contribution is 7.13. The van der Waals surface area contributed by atoms with Crippen LogP contribution in [0.5, 0.6) is 11.5 Å². The Kier molecular flexibility index (Phi) is 7.03. The molecule has 8 heteroatoms. The first-order valence-electron chi connectivity index (χ1n) is 9.39. The molecular formula is C22H23N3O4S. The highest BCUT2D eigenvalue weighted by Crippen LogP contribution is 2.33. The van der Waals surface area contributed by atoms with Crippen LogP contribution in [0.15, 0.2) is 47.8 Å². The van der Waals surface area contributed by atoms with Crippen LogP contribution in [0.1, 0.15) is 19.0 Å². The molecule has 0 unspecified atom stereocenters. The summed E-state index contributed by atoms with van der Waals surface area (Å²) >= 11 is 1.47. The average molecular weight is 426 g/mol. The molecule has 1 aromatic heterocycles. The van der Waals surface area contributed by atoms with Gasteiger partial charge < -0.3 is 20.1 Å². The monoisotopic (exact) mass is 425 g/mol. The van der Waals surface area contributed by atoms with Crippen LogP contribution in [-0.4, -0.2) is 31.0 Å². The van der Waals surface area contributed by atoms with Gasteiger partial charge in [-0.1, -0.05) is 6.92 Å². The Morgan fingerprint density at radius 1 is 0.933 bits per heavy atom. The maximum Gasteiger partial charge on any atom is 0.230 e. The van der Waals surface area contributed by atoms with Crippen molar-refractivity contribution in [2.45, 2.75) is 19.8 Å². The molecule has 0 aliphatic rings. The van der Waals surface area contributed by atoms with Crippen molar-refractivity contribution in [1.29, 1.82) is 0 Å². The van der Waals surface area contributed by atoms with E-state index in [1.807, 2.05) is 23.6 Å². The van der Waals surface area contributed by atoms with Gasteiger partial charge in [0.05, 0.1) is 26.3 Å². The van der Waals surface area contributed by atoms with E-state index in [0.717, 1.165) is 10.6 Å². The van der Waals surface area contributed by atoms with E-state index >= 15 is 0 Å². The van der Waals surface area contributed by atoms with E-state index < -0.39 is 0 Å². The van der Waals surface area contributed by atoms with Crippen molar-refractivity contribution >= 4 is 34.5 Å². The predicted molar refractivity (Wildman–Crippen MR) is 118 cm³/mol. The second kappa shape index (κ2) is 9.89. The second-order valence-electron chi connectivity index (χ2n) is 6.42. The summed E-state index contributed by atoms with van der Waals surface area (Å²) in [6.45, 7) is 1.79. The van der Waals surface area contributed by atoms with Crippen LogP contribution in [0.2, 0.25) is 0 Å². The van der Waals surface area contributed by atoms with E-state index in [-0.39, 0.29) is 18.2 Å². The lowest BCUT2D eigenvalue weighted by Crippen LogP contribution is -2.14. The lowest BCUT2D eigenvalue weighted by atomic mass is 10.2. The van der Waals surface area contributed by atoms with Gasteiger partial charge in [0.1, 0.15) is 5.01 Å². The average Bonchev–Trinajstić information content (AvgIpc) is 3.22. The topological polar surface area (TPSA) is 89.6 Å². The normalized spacial score (nSPS) is 10.4. The van der Waals surface area contributed by atoms with E-state index in [1.165, 1.54) is 11.3 Å². The molecule has 156 valence electrons. The Hall–Kier alpha value is -3.39. The van der Waals surface area contributed by atoms with E-state index in [4.69, 9.17) is 9.47 Å². The van der Waals surface area contributed by atoms with Gasteiger partial charge in [0.15, 0.2) is 11.5 Å². The molecule has 0 bridgehead atoms. The SMILES string of the molecule is CCC(=O)Nc1ccc(NC(=O)Cc2csc(-c3ccc(OC)c(OC)c3)n2)cc1. The molecule has 7 nitrogen and oxygen atoms in total. The Morgan fingerprint density at radius 2 is 1.57 bits per heavy atom. The van der Waals surface area contributed by atoms with Crippen LogP contribution >= 0.6 is 11.3 Å². The minimum atomic E-state index is -0.162. The summed E-state index contributed by atoms with van der Waals surface area (Å²) < 4.78 is 10.6. The summed E-state index contributed by atoms with van der Waals surface area (Å²) in [4.78, 5) is 28.4. The Morgan fingerprint density at radius 3 is 2.17 bits per heavy atom. The number of amides is 2. The second-order valence-corrected chi connectivity index (χ2v) is 7.28. The first-order chi connectivity index (χ1) is 14.5. The van der Waals surface area contributed by atoms with Gasteiger partial charge in [-0.3, -0.25) is 9.59 Å². The molecule has 0 aliphatic carbocycles. The molecule has 0 atom stereocenters.